The van der Waals surface area contributed by atoms with Crippen LogP contribution >= 0.6 is 0 Å². The van der Waals surface area contributed by atoms with Crippen molar-refractivity contribution >= 4 is 21.7 Å². The van der Waals surface area contributed by atoms with Crippen LogP contribution in [0.1, 0.15) is 22.2 Å². The number of carbonyl (C=O) groups excluding carboxylic acids is 1. The Morgan fingerprint density at radius 3 is 2.26 bits per heavy atom. The van der Waals surface area contributed by atoms with E-state index in [9.17, 15) is 23.3 Å². The number of nitro groups is 1. The van der Waals surface area contributed by atoms with Gasteiger partial charge in [-0.25, -0.2) is 0 Å². The van der Waals surface area contributed by atoms with Gasteiger partial charge in [0.1, 0.15) is 5.75 Å². The predicted molar refractivity (Wildman–Crippen MR) is 110 cm³/mol. The Balaban J connectivity index is 2.61. The molecule has 0 N–H and O–H groups in total. The van der Waals surface area contributed by atoms with Crippen LogP contribution in [-0.4, -0.2) is 58.7 Å². The molecule has 31 heavy (non-hydrogen) atoms. The second-order valence-electron chi connectivity index (χ2n) is 6.54. The summed E-state index contributed by atoms with van der Waals surface area (Å²) >= 11 is 0. The molecule has 1 amide bonds. The number of rotatable bonds is 9. The summed E-state index contributed by atoms with van der Waals surface area (Å²) in [5.41, 5.74) is -0.191. The van der Waals surface area contributed by atoms with Crippen LogP contribution in [0.15, 0.2) is 36.4 Å². The van der Waals surface area contributed by atoms with Crippen molar-refractivity contribution in [3.05, 3.63) is 57.6 Å². The van der Waals surface area contributed by atoms with E-state index in [1.807, 2.05) is 0 Å². The second-order valence-corrected chi connectivity index (χ2v) is 8.11. The minimum absolute atomic E-state index is 0.0524. The maximum Gasteiger partial charge on any atom is 0.315 e. The van der Waals surface area contributed by atoms with Crippen molar-refractivity contribution in [3.63, 3.8) is 0 Å². The molecule has 0 aliphatic rings. The first-order valence-electron chi connectivity index (χ1n) is 8.73. The van der Waals surface area contributed by atoms with E-state index >= 15 is 0 Å². The van der Waals surface area contributed by atoms with Crippen LogP contribution in [0.25, 0.3) is 0 Å². The molecule has 0 fully saturated rings. The van der Waals surface area contributed by atoms with E-state index in [0.717, 1.165) is 12.3 Å². The number of ether oxygens (including phenoxy) is 3. The van der Waals surface area contributed by atoms with Crippen molar-refractivity contribution in [2.75, 3.05) is 34.6 Å². The van der Waals surface area contributed by atoms with Gasteiger partial charge in [-0.05, 0) is 18.2 Å². The highest BCUT2D eigenvalue weighted by Gasteiger charge is 2.27. The highest BCUT2D eigenvalue weighted by molar-refractivity contribution is 7.86. The van der Waals surface area contributed by atoms with Crippen molar-refractivity contribution in [1.82, 2.24) is 4.90 Å². The van der Waals surface area contributed by atoms with Gasteiger partial charge in [-0.2, -0.15) is 8.42 Å². The highest BCUT2D eigenvalue weighted by atomic mass is 32.2. The van der Waals surface area contributed by atoms with Gasteiger partial charge in [0.2, 0.25) is 5.75 Å². The summed E-state index contributed by atoms with van der Waals surface area (Å²) in [7, 11) is 1.77. The number of hydrogen-bond acceptors (Lipinski definition) is 9. The van der Waals surface area contributed by atoms with Crippen molar-refractivity contribution < 1.29 is 36.5 Å². The van der Waals surface area contributed by atoms with Crippen molar-refractivity contribution in [2.45, 2.75) is 6.29 Å². The Morgan fingerprint density at radius 1 is 1.10 bits per heavy atom. The van der Waals surface area contributed by atoms with Crippen molar-refractivity contribution in [1.29, 1.82) is 0 Å². The lowest BCUT2D eigenvalue weighted by Crippen LogP contribution is -2.21. The van der Waals surface area contributed by atoms with E-state index in [1.54, 1.807) is 26.2 Å². The lowest BCUT2D eigenvalue weighted by molar-refractivity contribution is -0.385. The summed E-state index contributed by atoms with van der Waals surface area (Å²) in [6.45, 7) is 0. The number of benzene rings is 2. The number of amides is 1. The molecule has 0 aliphatic heterocycles. The molecule has 12 heteroatoms. The van der Waals surface area contributed by atoms with Gasteiger partial charge >= 0.3 is 15.8 Å². The minimum Gasteiger partial charge on any atom is -0.450 e. The van der Waals surface area contributed by atoms with Gasteiger partial charge in [-0.1, -0.05) is 6.07 Å². The maximum absolute atomic E-state index is 12.2. The van der Waals surface area contributed by atoms with E-state index < -0.39 is 27.0 Å². The lowest BCUT2D eigenvalue weighted by Gasteiger charge is -2.18. The van der Waals surface area contributed by atoms with E-state index in [-0.39, 0.29) is 28.7 Å². The molecular formula is C19H22N2O9S. The molecular weight excluding hydrogens is 432 g/mol. The highest BCUT2D eigenvalue weighted by Crippen LogP contribution is 2.41. The molecule has 0 aromatic heterocycles. The van der Waals surface area contributed by atoms with Gasteiger partial charge in [-0.3, -0.25) is 14.9 Å². The SMILES string of the molecule is COC(OC)c1cc(Oc2cccc(C(=O)N(C)C)c2)c([N+](=O)[O-])cc1OS(C)(=O)=O. The largest absolute Gasteiger partial charge is 0.450 e. The molecule has 0 aliphatic carbocycles. The van der Waals surface area contributed by atoms with E-state index in [4.69, 9.17) is 18.4 Å². The smallest absolute Gasteiger partial charge is 0.315 e. The molecule has 0 unspecified atom stereocenters. The molecule has 0 radical (unpaired) electrons. The molecule has 0 saturated heterocycles. The number of nitrogens with zero attached hydrogens (tertiary/aromatic N) is 2. The molecule has 0 bridgehead atoms. The Bertz CT molecular complexity index is 1080. The number of hydrogen-bond donors (Lipinski definition) is 0. The summed E-state index contributed by atoms with van der Waals surface area (Å²) in [5.74, 6) is -0.692. The third kappa shape index (κ3) is 6.13. The molecule has 2 rings (SSSR count). The van der Waals surface area contributed by atoms with Crippen molar-refractivity contribution in [3.8, 4) is 17.2 Å². The van der Waals surface area contributed by atoms with Gasteiger partial charge in [0.25, 0.3) is 5.91 Å². The molecule has 2 aromatic rings. The zero-order valence-corrected chi connectivity index (χ0v) is 18.3. The van der Waals surface area contributed by atoms with Gasteiger partial charge in [0, 0.05) is 39.9 Å². The van der Waals surface area contributed by atoms with Crippen molar-refractivity contribution in [2.24, 2.45) is 0 Å². The lowest BCUT2D eigenvalue weighted by atomic mass is 10.1. The first-order valence-corrected chi connectivity index (χ1v) is 10.6. The third-order valence-electron chi connectivity index (χ3n) is 3.93. The molecule has 168 valence electrons. The van der Waals surface area contributed by atoms with E-state index in [0.29, 0.717) is 5.56 Å². The fraction of sp³-hybridized carbons (Fsp3) is 0.316. The summed E-state index contributed by atoms with van der Waals surface area (Å²) in [6, 6.07) is 8.18. The van der Waals surface area contributed by atoms with Gasteiger partial charge in [-0.15, -0.1) is 0 Å². The molecule has 11 nitrogen and oxygen atoms in total. The average Bonchev–Trinajstić information content (AvgIpc) is 2.68. The zero-order chi connectivity index (χ0) is 23.3. The first kappa shape index (κ1) is 24.1. The van der Waals surface area contributed by atoms with Crippen LogP contribution in [0.4, 0.5) is 5.69 Å². The Kier molecular flexibility index (Phi) is 7.55. The molecule has 2 aromatic carbocycles. The predicted octanol–water partition coefficient (Wildman–Crippen LogP) is 2.72. The monoisotopic (exact) mass is 454 g/mol. The van der Waals surface area contributed by atoms with Crippen LogP contribution in [0, 0.1) is 10.1 Å². The van der Waals surface area contributed by atoms with E-state index in [1.165, 1.54) is 37.3 Å². The fourth-order valence-corrected chi connectivity index (χ4v) is 3.11. The van der Waals surface area contributed by atoms with Crippen LogP contribution in [0.5, 0.6) is 17.2 Å². The Morgan fingerprint density at radius 2 is 1.74 bits per heavy atom. The van der Waals surface area contributed by atoms with E-state index in [2.05, 4.69) is 0 Å². The Hall–Kier alpha value is -3.22. The third-order valence-corrected chi connectivity index (χ3v) is 4.41. The van der Waals surface area contributed by atoms with Gasteiger partial charge in [0.15, 0.2) is 12.0 Å². The molecule has 0 saturated carbocycles. The molecule has 0 atom stereocenters. The minimum atomic E-state index is -4.00. The Labute approximate surface area is 179 Å². The molecule has 0 heterocycles. The summed E-state index contributed by atoms with van der Waals surface area (Å²) in [6.07, 6.45) is -0.295. The van der Waals surface area contributed by atoms with Gasteiger partial charge in [0.05, 0.1) is 22.8 Å². The number of nitro benzene ring substituents is 1. The molecule has 0 spiro atoms. The van der Waals surface area contributed by atoms with Crippen LogP contribution in [0.3, 0.4) is 0 Å². The first-order chi connectivity index (χ1) is 14.5. The maximum atomic E-state index is 12.2. The van der Waals surface area contributed by atoms with Crippen LogP contribution < -0.4 is 8.92 Å². The summed E-state index contributed by atoms with van der Waals surface area (Å²) in [5, 5.41) is 11.6. The second kappa shape index (κ2) is 9.73. The fourth-order valence-electron chi connectivity index (χ4n) is 2.64. The summed E-state index contributed by atoms with van der Waals surface area (Å²) in [4.78, 5) is 24.4. The van der Waals surface area contributed by atoms with Crippen LogP contribution in [-0.2, 0) is 19.6 Å². The average molecular weight is 454 g/mol. The van der Waals surface area contributed by atoms with Gasteiger partial charge < -0.3 is 23.3 Å². The normalized spacial score (nSPS) is 11.3. The number of methoxy groups -OCH3 is 2. The number of carbonyl (C=O) groups is 1. The topological polar surface area (TPSA) is 135 Å². The zero-order valence-electron chi connectivity index (χ0n) is 17.5. The van der Waals surface area contributed by atoms with Crippen LogP contribution in [0.2, 0.25) is 0 Å². The quantitative estimate of drug-likeness (QED) is 0.242. The summed E-state index contributed by atoms with van der Waals surface area (Å²) < 4.78 is 44.1. The standard InChI is InChI=1S/C19H22N2O9S/c1-20(2)18(22)12-7-6-8-13(9-12)29-17-10-14(19(27-3)28-4)16(30-31(5,25)26)11-15(17)21(23)24/h6-11,19H,1-5H3.